The van der Waals surface area contributed by atoms with Crippen LogP contribution < -0.4 is 15.2 Å². The molecule has 1 aliphatic rings. The molecule has 0 saturated carbocycles. The van der Waals surface area contributed by atoms with Crippen molar-refractivity contribution in [2.45, 2.75) is 13.3 Å². The summed E-state index contributed by atoms with van der Waals surface area (Å²) < 4.78 is 10.9. The van der Waals surface area contributed by atoms with Gasteiger partial charge in [0, 0.05) is 29.2 Å². The minimum atomic E-state index is 0.353. The SMILES string of the molecule is C=CCc1c(N)nc(-c2ccnc3c2OC=CO3)nc1-c1ccc(C)nc1. The second-order valence-electron chi connectivity index (χ2n) is 5.94. The van der Waals surface area contributed by atoms with E-state index >= 15 is 0 Å². The number of ether oxygens (including phenoxy) is 2. The molecule has 3 aromatic rings. The van der Waals surface area contributed by atoms with Gasteiger partial charge in [-0.05, 0) is 31.5 Å². The van der Waals surface area contributed by atoms with Gasteiger partial charge in [0.25, 0.3) is 5.88 Å². The summed E-state index contributed by atoms with van der Waals surface area (Å²) in [6.07, 6.45) is 8.57. The van der Waals surface area contributed by atoms with E-state index < -0.39 is 0 Å². The molecule has 4 rings (SSSR count). The Kier molecular flexibility index (Phi) is 4.25. The maximum atomic E-state index is 6.27. The second kappa shape index (κ2) is 6.87. The van der Waals surface area contributed by atoms with Gasteiger partial charge in [0.15, 0.2) is 11.6 Å². The molecule has 0 aromatic carbocycles. The summed E-state index contributed by atoms with van der Waals surface area (Å²) in [6.45, 7) is 5.74. The van der Waals surface area contributed by atoms with E-state index in [1.807, 2.05) is 19.1 Å². The van der Waals surface area contributed by atoms with E-state index in [1.54, 1.807) is 24.5 Å². The molecule has 134 valence electrons. The minimum absolute atomic E-state index is 0.353. The highest BCUT2D eigenvalue weighted by atomic mass is 16.5. The van der Waals surface area contributed by atoms with Crippen molar-refractivity contribution in [1.29, 1.82) is 0 Å². The largest absolute Gasteiger partial charge is 0.455 e. The molecule has 2 N–H and O–H groups in total. The fraction of sp³-hybridized carbons (Fsp3) is 0.100. The monoisotopic (exact) mass is 359 g/mol. The molecule has 0 saturated heterocycles. The Labute approximate surface area is 156 Å². The normalized spacial score (nSPS) is 12.0. The van der Waals surface area contributed by atoms with Crippen LogP contribution in [-0.4, -0.2) is 19.9 Å². The van der Waals surface area contributed by atoms with Crippen molar-refractivity contribution in [2.24, 2.45) is 0 Å². The average molecular weight is 359 g/mol. The highest BCUT2D eigenvalue weighted by Gasteiger charge is 2.21. The van der Waals surface area contributed by atoms with Gasteiger partial charge in [0.1, 0.15) is 18.3 Å². The molecule has 0 unspecified atom stereocenters. The Morgan fingerprint density at radius 1 is 1.11 bits per heavy atom. The summed E-state index contributed by atoms with van der Waals surface area (Å²) in [5.41, 5.74) is 10.2. The lowest BCUT2D eigenvalue weighted by Crippen LogP contribution is -2.07. The fourth-order valence-electron chi connectivity index (χ4n) is 2.80. The Bertz CT molecular complexity index is 1040. The van der Waals surface area contributed by atoms with Crippen LogP contribution in [0.2, 0.25) is 0 Å². The van der Waals surface area contributed by atoms with Gasteiger partial charge in [0.2, 0.25) is 0 Å². The van der Waals surface area contributed by atoms with Gasteiger partial charge in [-0.25, -0.2) is 15.0 Å². The number of rotatable bonds is 4. The first-order valence-electron chi connectivity index (χ1n) is 8.35. The van der Waals surface area contributed by atoms with Crippen molar-refractivity contribution >= 4 is 5.82 Å². The maximum Gasteiger partial charge on any atom is 0.263 e. The Balaban J connectivity index is 1.91. The van der Waals surface area contributed by atoms with Crippen LogP contribution in [0.25, 0.3) is 22.6 Å². The number of allylic oxidation sites excluding steroid dienone is 1. The number of pyridine rings is 2. The highest BCUT2D eigenvalue weighted by Crippen LogP contribution is 2.38. The summed E-state index contributed by atoms with van der Waals surface area (Å²) in [5.74, 6) is 1.61. The third-order valence-electron chi connectivity index (χ3n) is 4.11. The van der Waals surface area contributed by atoms with Crippen LogP contribution in [-0.2, 0) is 6.42 Å². The van der Waals surface area contributed by atoms with E-state index in [1.165, 1.54) is 12.5 Å². The first kappa shape index (κ1) is 16.7. The van der Waals surface area contributed by atoms with Crippen molar-refractivity contribution in [3.8, 4) is 34.3 Å². The molecule has 7 nitrogen and oxygen atoms in total. The zero-order chi connectivity index (χ0) is 18.8. The van der Waals surface area contributed by atoms with Gasteiger partial charge >= 0.3 is 0 Å². The van der Waals surface area contributed by atoms with Crippen molar-refractivity contribution in [3.63, 3.8) is 0 Å². The second-order valence-corrected chi connectivity index (χ2v) is 5.94. The van der Waals surface area contributed by atoms with Crippen molar-refractivity contribution < 1.29 is 9.47 Å². The van der Waals surface area contributed by atoms with E-state index in [9.17, 15) is 0 Å². The quantitative estimate of drug-likeness (QED) is 0.713. The predicted octanol–water partition coefficient (Wildman–Crippen LogP) is 3.46. The van der Waals surface area contributed by atoms with Crippen molar-refractivity contribution in [2.75, 3.05) is 5.73 Å². The number of anilines is 1. The first-order chi connectivity index (χ1) is 13.2. The number of aryl methyl sites for hydroxylation is 1. The Morgan fingerprint density at radius 2 is 1.96 bits per heavy atom. The molecule has 7 heteroatoms. The predicted molar refractivity (Wildman–Crippen MR) is 102 cm³/mol. The summed E-state index contributed by atoms with van der Waals surface area (Å²) in [4.78, 5) is 17.8. The number of nitrogens with two attached hydrogens (primary N) is 1. The molecule has 1 aliphatic heterocycles. The molecule has 3 aromatic heterocycles. The zero-order valence-electron chi connectivity index (χ0n) is 14.7. The van der Waals surface area contributed by atoms with Crippen LogP contribution in [0.1, 0.15) is 11.3 Å². The number of aromatic nitrogens is 4. The standard InChI is InChI=1S/C20H17N5O2/c1-3-4-14-16(13-6-5-12(2)23-11-13)24-19(25-18(14)21)15-7-8-22-20-17(15)26-9-10-27-20/h3,5-11H,1,4H2,2H3,(H2,21,24,25). The molecule has 0 fully saturated rings. The van der Waals surface area contributed by atoms with Crippen LogP contribution in [0, 0.1) is 6.92 Å². The van der Waals surface area contributed by atoms with Gasteiger partial charge in [-0.1, -0.05) is 6.08 Å². The fourth-order valence-corrected chi connectivity index (χ4v) is 2.80. The van der Waals surface area contributed by atoms with E-state index in [-0.39, 0.29) is 0 Å². The number of nitrogens with zero attached hydrogens (tertiary/aromatic N) is 4. The van der Waals surface area contributed by atoms with Crippen molar-refractivity contribution in [1.82, 2.24) is 19.9 Å². The van der Waals surface area contributed by atoms with Gasteiger partial charge in [-0.2, -0.15) is 0 Å². The summed E-state index contributed by atoms with van der Waals surface area (Å²) in [5, 5.41) is 0. The minimum Gasteiger partial charge on any atom is -0.455 e. The molecule has 0 bridgehead atoms. The highest BCUT2D eigenvalue weighted by molar-refractivity contribution is 5.74. The molecular formula is C20H17N5O2. The molecular weight excluding hydrogens is 342 g/mol. The van der Waals surface area contributed by atoms with E-state index in [0.29, 0.717) is 40.9 Å². The molecule has 4 heterocycles. The zero-order valence-corrected chi connectivity index (χ0v) is 14.7. The lowest BCUT2D eigenvalue weighted by molar-refractivity contribution is 0.350. The number of fused-ring (bicyclic) bond motifs is 1. The van der Waals surface area contributed by atoms with E-state index in [0.717, 1.165) is 16.8 Å². The summed E-state index contributed by atoms with van der Waals surface area (Å²) >= 11 is 0. The summed E-state index contributed by atoms with van der Waals surface area (Å²) in [6, 6.07) is 5.66. The third-order valence-corrected chi connectivity index (χ3v) is 4.11. The molecule has 0 amide bonds. The van der Waals surface area contributed by atoms with Crippen LogP contribution in [0.4, 0.5) is 5.82 Å². The van der Waals surface area contributed by atoms with Crippen LogP contribution >= 0.6 is 0 Å². The topological polar surface area (TPSA) is 96.0 Å². The van der Waals surface area contributed by atoms with Crippen LogP contribution in [0.15, 0.2) is 55.8 Å². The molecule has 27 heavy (non-hydrogen) atoms. The average Bonchev–Trinajstić information content (AvgIpc) is 2.70. The smallest absolute Gasteiger partial charge is 0.263 e. The summed E-state index contributed by atoms with van der Waals surface area (Å²) in [7, 11) is 0. The lowest BCUT2D eigenvalue weighted by Gasteiger charge is -2.16. The van der Waals surface area contributed by atoms with E-state index in [4.69, 9.17) is 20.2 Å². The van der Waals surface area contributed by atoms with E-state index in [2.05, 4.69) is 21.5 Å². The Hall–Kier alpha value is -3.74. The lowest BCUT2D eigenvalue weighted by atomic mass is 10.0. The molecule has 0 atom stereocenters. The van der Waals surface area contributed by atoms with Gasteiger partial charge in [0.05, 0.1) is 11.3 Å². The van der Waals surface area contributed by atoms with Gasteiger partial charge < -0.3 is 15.2 Å². The molecule has 0 spiro atoms. The van der Waals surface area contributed by atoms with Gasteiger partial charge in [-0.15, -0.1) is 6.58 Å². The molecule has 0 radical (unpaired) electrons. The Morgan fingerprint density at radius 3 is 2.74 bits per heavy atom. The maximum absolute atomic E-state index is 6.27. The van der Waals surface area contributed by atoms with Crippen LogP contribution in [0.3, 0.4) is 0 Å². The number of nitrogen functional groups attached to an aromatic ring is 1. The van der Waals surface area contributed by atoms with Crippen LogP contribution in [0.5, 0.6) is 11.6 Å². The number of hydrogen-bond donors (Lipinski definition) is 1. The third kappa shape index (κ3) is 3.10. The van der Waals surface area contributed by atoms with Gasteiger partial charge in [-0.3, -0.25) is 4.98 Å². The molecule has 0 aliphatic carbocycles. The van der Waals surface area contributed by atoms with Crippen molar-refractivity contribution in [3.05, 3.63) is 67.0 Å². The first-order valence-corrected chi connectivity index (χ1v) is 8.35. The number of hydrogen-bond acceptors (Lipinski definition) is 7.